The number of hydrogen-bond acceptors (Lipinski definition) is 7. The largest absolute Gasteiger partial charge is 0.495 e. The number of halogens is 1. The highest BCUT2D eigenvalue weighted by Crippen LogP contribution is 2.35. The maximum absolute atomic E-state index is 14.7. The highest BCUT2D eigenvalue weighted by molar-refractivity contribution is 7.89. The third kappa shape index (κ3) is 4.40. The van der Waals surface area contributed by atoms with Crippen LogP contribution in [0.5, 0.6) is 5.75 Å². The van der Waals surface area contributed by atoms with E-state index in [1.165, 1.54) is 31.4 Å². The van der Waals surface area contributed by atoms with Gasteiger partial charge < -0.3 is 4.74 Å². The molecule has 0 bridgehead atoms. The lowest BCUT2D eigenvalue weighted by molar-refractivity contribution is 0.401. The van der Waals surface area contributed by atoms with Gasteiger partial charge in [-0.15, -0.1) is 10.2 Å². The Balaban J connectivity index is 2.08. The summed E-state index contributed by atoms with van der Waals surface area (Å²) in [6, 6.07) is 7.88. The molecule has 1 aromatic heterocycles. The quantitative estimate of drug-likeness (QED) is 0.572. The predicted octanol–water partition coefficient (Wildman–Crippen LogP) is 2.66. The monoisotopic (exact) mass is 444 g/mol. The second kappa shape index (κ2) is 8.79. The lowest BCUT2D eigenvalue weighted by Crippen LogP contribution is -2.33. The smallest absolute Gasteiger partial charge is 0.244 e. The molecule has 31 heavy (non-hydrogen) atoms. The Morgan fingerprint density at radius 1 is 1.26 bits per heavy atom. The lowest BCUT2D eigenvalue weighted by atomic mass is 9.88. The maximum atomic E-state index is 14.7. The molecule has 0 radical (unpaired) electrons. The van der Waals surface area contributed by atoms with Crippen molar-refractivity contribution in [2.75, 3.05) is 7.11 Å². The number of benzene rings is 2. The molecule has 0 aliphatic rings. The van der Waals surface area contributed by atoms with E-state index in [0.29, 0.717) is 11.1 Å². The van der Waals surface area contributed by atoms with Gasteiger partial charge in [-0.05, 0) is 54.8 Å². The first-order valence-corrected chi connectivity index (χ1v) is 10.8. The average Bonchev–Trinajstić information content (AvgIpc) is 3.29. The summed E-state index contributed by atoms with van der Waals surface area (Å²) >= 11 is 0. The molecule has 2 N–H and O–H groups in total. The van der Waals surface area contributed by atoms with Gasteiger partial charge in [0.25, 0.3) is 0 Å². The molecule has 3 rings (SSSR count). The fraction of sp³-hybridized carbons (Fsp3) is 0.300. The number of aryl methyl sites for hydroxylation is 1. The first kappa shape index (κ1) is 22.3. The molecule has 0 aliphatic carbocycles. The van der Waals surface area contributed by atoms with Gasteiger partial charge in [-0.1, -0.05) is 18.2 Å². The Hall–Kier alpha value is -3.36. The van der Waals surface area contributed by atoms with Crippen LogP contribution in [0.4, 0.5) is 4.39 Å². The van der Waals surface area contributed by atoms with Crippen LogP contribution >= 0.6 is 0 Å². The van der Waals surface area contributed by atoms with Crippen LogP contribution in [0, 0.1) is 31.0 Å². The molecule has 0 fully saturated rings. The molecular formula is C20H21FN6O3S. The zero-order valence-corrected chi connectivity index (χ0v) is 18.2. The van der Waals surface area contributed by atoms with Crippen molar-refractivity contribution in [3.63, 3.8) is 0 Å². The zero-order valence-electron chi connectivity index (χ0n) is 17.3. The summed E-state index contributed by atoms with van der Waals surface area (Å²) in [6.45, 7) is 5.31. The standard InChI is InChI=1S/C20H21FN6O3S/c1-11-5-7-15(21)18(12(11)2)13(3)19(20-23-26-27-24-20)25-31(28,29)17-8-6-14(10-22)9-16(17)30-4/h5-9,13,19,25H,1-4H3,(H,23,24,26,27)/t13-,19+/m1/s1. The topological polar surface area (TPSA) is 134 Å². The van der Waals surface area contributed by atoms with E-state index >= 15 is 0 Å². The van der Waals surface area contributed by atoms with E-state index in [-0.39, 0.29) is 22.0 Å². The number of aromatic amines is 1. The number of hydrogen-bond donors (Lipinski definition) is 2. The molecule has 162 valence electrons. The van der Waals surface area contributed by atoms with Crippen LogP contribution < -0.4 is 9.46 Å². The summed E-state index contributed by atoms with van der Waals surface area (Å²) < 4.78 is 48.9. The van der Waals surface area contributed by atoms with Gasteiger partial charge in [-0.2, -0.15) is 15.2 Å². The van der Waals surface area contributed by atoms with Crippen LogP contribution in [0.1, 0.15) is 47.0 Å². The number of H-pyrrole nitrogens is 1. The number of methoxy groups -OCH3 is 1. The minimum Gasteiger partial charge on any atom is -0.495 e. The van der Waals surface area contributed by atoms with Crippen molar-refractivity contribution in [1.29, 1.82) is 5.26 Å². The summed E-state index contributed by atoms with van der Waals surface area (Å²) in [7, 11) is -2.86. The number of tetrazole rings is 1. The average molecular weight is 444 g/mol. The SMILES string of the molecule is COc1cc(C#N)ccc1S(=O)(=O)N[C@H](c1nn[nH]n1)[C@H](C)c1c(F)ccc(C)c1C. The Morgan fingerprint density at radius 3 is 2.61 bits per heavy atom. The Bertz CT molecular complexity index is 1240. The molecule has 2 atom stereocenters. The highest BCUT2D eigenvalue weighted by Gasteiger charge is 2.33. The van der Waals surface area contributed by atoms with Gasteiger partial charge in [0.15, 0.2) is 5.82 Å². The number of nitrogens with zero attached hydrogens (tertiary/aromatic N) is 4. The first-order valence-electron chi connectivity index (χ1n) is 9.29. The van der Waals surface area contributed by atoms with Crippen molar-refractivity contribution in [1.82, 2.24) is 25.3 Å². The molecule has 0 spiro atoms. The second-order valence-electron chi connectivity index (χ2n) is 7.04. The molecule has 2 aromatic carbocycles. The maximum Gasteiger partial charge on any atom is 0.244 e. The molecule has 0 aliphatic heterocycles. The van der Waals surface area contributed by atoms with E-state index in [4.69, 9.17) is 10.00 Å². The zero-order chi connectivity index (χ0) is 22.8. The van der Waals surface area contributed by atoms with Crippen molar-refractivity contribution in [3.05, 3.63) is 64.2 Å². The van der Waals surface area contributed by atoms with Crippen LogP contribution in [0.25, 0.3) is 0 Å². The summed E-state index contributed by atoms with van der Waals surface area (Å²) in [5.74, 6) is -1.07. The van der Waals surface area contributed by atoms with Gasteiger partial charge >= 0.3 is 0 Å². The third-order valence-electron chi connectivity index (χ3n) is 5.19. The van der Waals surface area contributed by atoms with Gasteiger partial charge in [0.05, 0.1) is 24.8 Å². The van der Waals surface area contributed by atoms with Crippen molar-refractivity contribution in [2.24, 2.45) is 0 Å². The Morgan fingerprint density at radius 2 is 2.00 bits per heavy atom. The van der Waals surface area contributed by atoms with Crippen LogP contribution in [-0.2, 0) is 10.0 Å². The summed E-state index contributed by atoms with van der Waals surface area (Å²) in [6.07, 6.45) is 0. The van der Waals surface area contributed by atoms with Gasteiger partial charge in [0, 0.05) is 5.92 Å². The fourth-order valence-corrected chi connectivity index (χ4v) is 4.82. The molecule has 0 saturated carbocycles. The Kier molecular flexibility index (Phi) is 6.33. The molecular weight excluding hydrogens is 423 g/mol. The minimum atomic E-state index is -4.17. The van der Waals surface area contributed by atoms with Crippen LogP contribution in [0.15, 0.2) is 35.2 Å². The molecule has 11 heteroatoms. The number of nitriles is 1. The molecule has 1 heterocycles. The molecule has 0 amide bonds. The number of rotatable bonds is 7. The van der Waals surface area contributed by atoms with E-state index in [1.54, 1.807) is 19.9 Å². The van der Waals surface area contributed by atoms with Gasteiger partial charge in [-0.3, -0.25) is 0 Å². The van der Waals surface area contributed by atoms with E-state index in [9.17, 15) is 12.8 Å². The summed E-state index contributed by atoms with van der Waals surface area (Å²) in [4.78, 5) is -0.170. The van der Waals surface area contributed by atoms with E-state index in [2.05, 4.69) is 25.3 Å². The van der Waals surface area contributed by atoms with Crippen molar-refractivity contribution in [2.45, 2.75) is 37.6 Å². The number of aromatic nitrogens is 4. The Labute approximate surface area is 179 Å². The predicted molar refractivity (Wildman–Crippen MR) is 109 cm³/mol. The van der Waals surface area contributed by atoms with Gasteiger partial charge in [0.1, 0.15) is 16.5 Å². The number of nitrogens with one attached hydrogen (secondary N) is 2. The fourth-order valence-electron chi connectivity index (χ4n) is 3.40. The van der Waals surface area contributed by atoms with Crippen molar-refractivity contribution < 1.29 is 17.5 Å². The first-order chi connectivity index (χ1) is 14.7. The van der Waals surface area contributed by atoms with Crippen LogP contribution in [-0.4, -0.2) is 36.2 Å². The number of sulfonamides is 1. The normalized spacial score (nSPS) is 13.4. The van der Waals surface area contributed by atoms with Crippen LogP contribution in [0.2, 0.25) is 0 Å². The van der Waals surface area contributed by atoms with Gasteiger partial charge in [0.2, 0.25) is 10.0 Å². The van der Waals surface area contributed by atoms with E-state index in [1.807, 2.05) is 13.0 Å². The molecule has 0 saturated heterocycles. The number of ether oxygens (including phenoxy) is 1. The minimum absolute atomic E-state index is 0.00369. The van der Waals surface area contributed by atoms with Gasteiger partial charge in [-0.25, -0.2) is 12.8 Å². The highest BCUT2D eigenvalue weighted by atomic mass is 32.2. The van der Waals surface area contributed by atoms with Crippen LogP contribution in [0.3, 0.4) is 0 Å². The van der Waals surface area contributed by atoms with Crippen molar-refractivity contribution >= 4 is 10.0 Å². The van der Waals surface area contributed by atoms with E-state index in [0.717, 1.165) is 5.56 Å². The lowest BCUT2D eigenvalue weighted by Gasteiger charge is -2.25. The summed E-state index contributed by atoms with van der Waals surface area (Å²) in [5, 5.41) is 22.7. The molecule has 9 nitrogen and oxygen atoms in total. The summed E-state index contributed by atoms with van der Waals surface area (Å²) in [5.41, 5.74) is 2.17. The van der Waals surface area contributed by atoms with E-state index < -0.39 is 27.8 Å². The third-order valence-corrected chi connectivity index (χ3v) is 6.67. The van der Waals surface area contributed by atoms with Crippen molar-refractivity contribution in [3.8, 4) is 11.8 Å². The molecule has 0 unspecified atom stereocenters. The second-order valence-corrected chi connectivity index (χ2v) is 8.72. The molecule has 3 aromatic rings.